The smallest absolute Gasteiger partial charge is 0.165 e. The number of nitrogens with two attached hydrogens (primary N) is 1. The van der Waals surface area contributed by atoms with Crippen LogP contribution in [0.5, 0.6) is 5.75 Å². The van der Waals surface area contributed by atoms with Crippen LogP contribution in [0.3, 0.4) is 0 Å². The minimum absolute atomic E-state index is 0.176. The molecule has 0 unspecified atom stereocenters. The number of nitrogens with zero attached hydrogens (tertiary/aromatic N) is 1. The largest absolute Gasteiger partial charge is 0.491 e. The van der Waals surface area contributed by atoms with Crippen molar-refractivity contribution in [1.82, 2.24) is 4.98 Å². The zero-order chi connectivity index (χ0) is 14.4. The van der Waals surface area contributed by atoms with E-state index in [1.54, 1.807) is 24.5 Å². The molecule has 106 valence electrons. The normalized spacial score (nSPS) is 12.2. The van der Waals surface area contributed by atoms with E-state index in [1.165, 1.54) is 11.6 Å². The Balaban J connectivity index is 1.82. The summed E-state index contributed by atoms with van der Waals surface area (Å²) in [6.07, 6.45) is 5.26. The average molecular weight is 274 g/mol. The van der Waals surface area contributed by atoms with Crippen LogP contribution in [0.25, 0.3) is 0 Å². The molecule has 0 aliphatic rings. The van der Waals surface area contributed by atoms with Crippen LogP contribution in [0.2, 0.25) is 0 Å². The Bertz CT molecular complexity index is 543. The van der Waals surface area contributed by atoms with Gasteiger partial charge in [0.05, 0.1) is 6.61 Å². The number of halogens is 1. The van der Waals surface area contributed by atoms with Gasteiger partial charge in [0, 0.05) is 18.4 Å². The molecule has 0 aliphatic heterocycles. The van der Waals surface area contributed by atoms with Gasteiger partial charge in [0.15, 0.2) is 11.6 Å². The first-order valence-corrected chi connectivity index (χ1v) is 6.73. The highest BCUT2D eigenvalue weighted by Crippen LogP contribution is 2.21. The van der Waals surface area contributed by atoms with Crippen molar-refractivity contribution >= 4 is 0 Å². The number of aromatic nitrogens is 1. The van der Waals surface area contributed by atoms with Crippen molar-refractivity contribution in [2.24, 2.45) is 5.73 Å². The average Bonchev–Trinajstić information content (AvgIpc) is 2.46. The molecule has 0 saturated heterocycles. The van der Waals surface area contributed by atoms with E-state index in [1.807, 2.05) is 19.1 Å². The van der Waals surface area contributed by atoms with Gasteiger partial charge >= 0.3 is 0 Å². The fourth-order valence-electron chi connectivity index (χ4n) is 1.93. The van der Waals surface area contributed by atoms with E-state index in [-0.39, 0.29) is 17.6 Å². The summed E-state index contributed by atoms with van der Waals surface area (Å²) < 4.78 is 19.2. The van der Waals surface area contributed by atoms with Crippen molar-refractivity contribution in [3.05, 3.63) is 59.7 Å². The first-order chi connectivity index (χ1) is 9.66. The molecule has 0 radical (unpaired) electrons. The van der Waals surface area contributed by atoms with Crippen LogP contribution < -0.4 is 10.5 Å². The van der Waals surface area contributed by atoms with Crippen LogP contribution in [0.1, 0.15) is 30.5 Å². The number of ether oxygens (including phenoxy) is 1. The number of benzene rings is 1. The van der Waals surface area contributed by atoms with Crippen molar-refractivity contribution in [3.8, 4) is 5.75 Å². The van der Waals surface area contributed by atoms with E-state index in [0.29, 0.717) is 6.61 Å². The SMILES string of the molecule is C[C@H](N)c1ccc(OCCCc2ccncc2)c(F)c1. The number of hydrogen-bond donors (Lipinski definition) is 1. The Morgan fingerprint density at radius 1 is 1.25 bits per heavy atom. The lowest BCUT2D eigenvalue weighted by Gasteiger charge is -2.10. The molecule has 20 heavy (non-hydrogen) atoms. The van der Waals surface area contributed by atoms with E-state index < -0.39 is 0 Å². The highest BCUT2D eigenvalue weighted by Gasteiger charge is 2.07. The maximum absolute atomic E-state index is 13.8. The predicted octanol–water partition coefficient (Wildman–Crippen LogP) is 3.25. The van der Waals surface area contributed by atoms with E-state index in [2.05, 4.69) is 4.98 Å². The second-order valence-corrected chi connectivity index (χ2v) is 4.79. The van der Waals surface area contributed by atoms with Crippen LogP contribution in [0, 0.1) is 5.82 Å². The molecule has 2 rings (SSSR count). The second-order valence-electron chi connectivity index (χ2n) is 4.79. The lowest BCUT2D eigenvalue weighted by molar-refractivity contribution is 0.295. The molecule has 1 atom stereocenters. The van der Waals surface area contributed by atoms with Crippen molar-refractivity contribution in [2.75, 3.05) is 6.61 Å². The predicted molar refractivity (Wildman–Crippen MR) is 77.1 cm³/mol. The van der Waals surface area contributed by atoms with Gasteiger partial charge in [-0.1, -0.05) is 6.07 Å². The molecule has 0 bridgehead atoms. The van der Waals surface area contributed by atoms with Gasteiger partial charge in [-0.25, -0.2) is 4.39 Å². The summed E-state index contributed by atoms with van der Waals surface area (Å²) in [5.74, 6) is -0.0761. The van der Waals surface area contributed by atoms with Crippen molar-refractivity contribution in [3.63, 3.8) is 0 Å². The standard InChI is InChI=1S/C16H19FN2O/c1-12(18)14-4-5-16(15(17)11-14)20-10-2-3-13-6-8-19-9-7-13/h4-9,11-12H,2-3,10,18H2,1H3/t12-/m0/s1. The van der Waals surface area contributed by atoms with Gasteiger partial charge in [0.1, 0.15) is 0 Å². The minimum Gasteiger partial charge on any atom is -0.491 e. The first kappa shape index (κ1) is 14.5. The minimum atomic E-state index is -0.358. The van der Waals surface area contributed by atoms with Crippen molar-refractivity contribution in [1.29, 1.82) is 0 Å². The Morgan fingerprint density at radius 3 is 2.65 bits per heavy atom. The zero-order valence-electron chi connectivity index (χ0n) is 11.6. The van der Waals surface area contributed by atoms with Gasteiger partial charge < -0.3 is 10.5 Å². The van der Waals surface area contributed by atoms with Gasteiger partial charge in [0.25, 0.3) is 0 Å². The molecule has 0 aliphatic carbocycles. The number of rotatable bonds is 6. The topological polar surface area (TPSA) is 48.1 Å². The molecule has 1 aromatic carbocycles. The Kier molecular flexibility index (Phi) is 5.07. The summed E-state index contributed by atoms with van der Waals surface area (Å²) in [4.78, 5) is 3.96. The molecule has 4 heteroatoms. The summed E-state index contributed by atoms with van der Waals surface area (Å²) in [6, 6.07) is 8.64. The highest BCUT2D eigenvalue weighted by molar-refractivity contribution is 5.30. The van der Waals surface area contributed by atoms with Crippen LogP contribution >= 0.6 is 0 Å². The van der Waals surface area contributed by atoms with Crippen LogP contribution in [0.4, 0.5) is 4.39 Å². The third-order valence-electron chi connectivity index (χ3n) is 3.10. The summed E-state index contributed by atoms with van der Waals surface area (Å²) in [7, 11) is 0. The molecule has 2 N–H and O–H groups in total. The number of hydrogen-bond acceptors (Lipinski definition) is 3. The first-order valence-electron chi connectivity index (χ1n) is 6.73. The van der Waals surface area contributed by atoms with Gasteiger partial charge in [-0.2, -0.15) is 0 Å². The molecule has 0 amide bonds. The third-order valence-corrected chi connectivity index (χ3v) is 3.10. The summed E-state index contributed by atoms with van der Waals surface area (Å²) in [5, 5.41) is 0. The van der Waals surface area contributed by atoms with Crippen LogP contribution in [-0.2, 0) is 6.42 Å². The Hall–Kier alpha value is -1.94. The lowest BCUT2D eigenvalue weighted by Crippen LogP contribution is -2.06. The van der Waals surface area contributed by atoms with Crippen LogP contribution in [0.15, 0.2) is 42.7 Å². The molecule has 2 aromatic rings. The van der Waals surface area contributed by atoms with Gasteiger partial charge in [-0.05, 0) is 55.2 Å². The second kappa shape index (κ2) is 7.01. The molecule has 0 saturated carbocycles. The van der Waals surface area contributed by atoms with Gasteiger partial charge in [-0.15, -0.1) is 0 Å². The molecule has 0 spiro atoms. The van der Waals surface area contributed by atoms with E-state index in [4.69, 9.17) is 10.5 Å². The molecule has 3 nitrogen and oxygen atoms in total. The Labute approximate surface area is 118 Å². The number of pyridine rings is 1. The molecule has 1 aromatic heterocycles. The van der Waals surface area contributed by atoms with E-state index in [0.717, 1.165) is 18.4 Å². The van der Waals surface area contributed by atoms with Gasteiger partial charge in [-0.3, -0.25) is 4.98 Å². The monoisotopic (exact) mass is 274 g/mol. The van der Waals surface area contributed by atoms with E-state index in [9.17, 15) is 4.39 Å². The fraction of sp³-hybridized carbons (Fsp3) is 0.312. The highest BCUT2D eigenvalue weighted by atomic mass is 19.1. The maximum atomic E-state index is 13.8. The molecule has 1 heterocycles. The fourth-order valence-corrected chi connectivity index (χ4v) is 1.93. The van der Waals surface area contributed by atoms with E-state index >= 15 is 0 Å². The number of aryl methyl sites for hydroxylation is 1. The Morgan fingerprint density at radius 2 is 2.00 bits per heavy atom. The quantitative estimate of drug-likeness (QED) is 0.823. The molecule has 0 fully saturated rings. The van der Waals surface area contributed by atoms with Crippen molar-refractivity contribution in [2.45, 2.75) is 25.8 Å². The van der Waals surface area contributed by atoms with Crippen molar-refractivity contribution < 1.29 is 9.13 Å². The van der Waals surface area contributed by atoms with Crippen LogP contribution in [-0.4, -0.2) is 11.6 Å². The maximum Gasteiger partial charge on any atom is 0.165 e. The summed E-state index contributed by atoms with van der Waals surface area (Å²) in [5.41, 5.74) is 7.68. The zero-order valence-corrected chi connectivity index (χ0v) is 11.6. The third kappa shape index (κ3) is 4.03. The molecular formula is C16H19FN2O. The van der Waals surface area contributed by atoms with Gasteiger partial charge in [0.2, 0.25) is 0 Å². The summed E-state index contributed by atoms with van der Waals surface area (Å²) >= 11 is 0. The molecular weight excluding hydrogens is 255 g/mol. The lowest BCUT2D eigenvalue weighted by atomic mass is 10.1. The summed E-state index contributed by atoms with van der Waals surface area (Å²) in [6.45, 7) is 2.31.